The SMILES string of the molecule is CCCC[C@H]1CCc2ccccc2[C@H]1O. The Bertz CT molecular complexity index is 319. The third-order valence-corrected chi connectivity index (χ3v) is 3.53. The minimum atomic E-state index is -0.221. The first kappa shape index (κ1) is 10.7. The minimum absolute atomic E-state index is 0.221. The van der Waals surface area contributed by atoms with Crippen LogP contribution in [-0.2, 0) is 6.42 Å². The lowest BCUT2D eigenvalue weighted by atomic mass is 9.79. The highest BCUT2D eigenvalue weighted by Crippen LogP contribution is 2.36. The van der Waals surface area contributed by atoms with E-state index >= 15 is 0 Å². The molecule has 1 aromatic rings. The smallest absolute Gasteiger partial charge is 0.0820 e. The van der Waals surface area contributed by atoms with E-state index in [1.807, 2.05) is 6.07 Å². The quantitative estimate of drug-likeness (QED) is 0.799. The predicted octanol–water partition coefficient (Wildman–Crippen LogP) is 3.47. The molecule has 1 nitrogen and oxygen atoms in total. The van der Waals surface area contributed by atoms with Crippen molar-refractivity contribution in [3.63, 3.8) is 0 Å². The van der Waals surface area contributed by atoms with Crippen molar-refractivity contribution in [3.8, 4) is 0 Å². The van der Waals surface area contributed by atoms with Crippen LogP contribution in [0.4, 0.5) is 0 Å². The highest BCUT2D eigenvalue weighted by atomic mass is 16.3. The van der Waals surface area contributed by atoms with Gasteiger partial charge in [0.2, 0.25) is 0 Å². The van der Waals surface area contributed by atoms with Crippen molar-refractivity contribution in [1.29, 1.82) is 0 Å². The van der Waals surface area contributed by atoms with Crippen LogP contribution in [0.5, 0.6) is 0 Å². The lowest BCUT2D eigenvalue weighted by Gasteiger charge is -2.30. The second kappa shape index (κ2) is 4.80. The zero-order chi connectivity index (χ0) is 10.7. The number of hydrogen-bond acceptors (Lipinski definition) is 1. The van der Waals surface area contributed by atoms with Crippen LogP contribution in [0.25, 0.3) is 0 Å². The predicted molar refractivity (Wildman–Crippen MR) is 62.7 cm³/mol. The Kier molecular flexibility index (Phi) is 3.42. The molecule has 0 saturated carbocycles. The van der Waals surface area contributed by atoms with Gasteiger partial charge in [-0.15, -0.1) is 0 Å². The lowest BCUT2D eigenvalue weighted by Crippen LogP contribution is -2.20. The Labute approximate surface area is 92.1 Å². The number of aliphatic hydroxyl groups excluding tert-OH is 1. The van der Waals surface area contributed by atoms with Crippen molar-refractivity contribution in [2.24, 2.45) is 5.92 Å². The number of hydrogen-bond donors (Lipinski definition) is 1. The van der Waals surface area contributed by atoms with E-state index in [0.717, 1.165) is 12.8 Å². The normalized spacial score (nSPS) is 24.9. The second-order valence-electron chi connectivity index (χ2n) is 4.58. The topological polar surface area (TPSA) is 20.2 Å². The van der Waals surface area contributed by atoms with E-state index in [-0.39, 0.29) is 6.10 Å². The monoisotopic (exact) mass is 204 g/mol. The summed E-state index contributed by atoms with van der Waals surface area (Å²) in [6, 6.07) is 8.33. The Hall–Kier alpha value is -0.820. The number of benzene rings is 1. The number of rotatable bonds is 3. The van der Waals surface area contributed by atoms with E-state index in [2.05, 4.69) is 25.1 Å². The summed E-state index contributed by atoms with van der Waals surface area (Å²) in [5.41, 5.74) is 2.52. The van der Waals surface area contributed by atoms with Crippen molar-refractivity contribution < 1.29 is 5.11 Å². The molecule has 1 N–H and O–H groups in total. The summed E-state index contributed by atoms with van der Waals surface area (Å²) in [4.78, 5) is 0. The Balaban J connectivity index is 2.11. The highest BCUT2D eigenvalue weighted by Gasteiger charge is 2.26. The molecule has 2 rings (SSSR count). The number of aliphatic hydroxyl groups is 1. The van der Waals surface area contributed by atoms with E-state index in [1.54, 1.807) is 0 Å². The molecule has 2 atom stereocenters. The van der Waals surface area contributed by atoms with Gasteiger partial charge >= 0.3 is 0 Å². The van der Waals surface area contributed by atoms with Crippen LogP contribution in [0.2, 0.25) is 0 Å². The van der Waals surface area contributed by atoms with Gasteiger partial charge in [-0.05, 0) is 36.3 Å². The molecular weight excluding hydrogens is 184 g/mol. The Morgan fingerprint density at radius 2 is 2.13 bits per heavy atom. The number of unbranched alkanes of at least 4 members (excludes halogenated alkanes) is 1. The molecule has 0 heterocycles. The van der Waals surface area contributed by atoms with E-state index in [0.29, 0.717) is 5.92 Å². The van der Waals surface area contributed by atoms with Crippen LogP contribution in [0, 0.1) is 5.92 Å². The average Bonchev–Trinajstić information content (AvgIpc) is 2.29. The van der Waals surface area contributed by atoms with Gasteiger partial charge in [0.05, 0.1) is 6.10 Å². The molecule has 1 aliphatic rings. The summed E-state index contributed by atoms with van der Waals surface area (Å²) in [7, 11) is 0. The molecule has 0 radical (unpaired) electrons. The molecule has 0 saturated heterocycles. The minimum Gasteiger partial charge on any atom is -0.388 e. The van der Waals surface area contributed by atoms with Crippen molar-refractivity contribution in [3.05, 3.63) is 35.4 Å². The van der Waals surface area contributed by atoms with Gasteiger partial charge in [0.15, 0.2) is 0 Å². The highest BCUT2D eigenvalue weighted by molar-refractivity contribution is 5.31. The van der Waals surface area contributed by atoms with Crippen LogP contribution in [0.3, 0.4) is 0 Å². The zero-order valence-electron chi connectivity index (χ0n) is 9.45. The maximum absolute atomic E-state index is 10.2. The van der Waals surface area contributed by atoms with Crippen molar-refractivity contribution in [1.82, 2.24) is 0 Å². The van der Waals surface area contributed by atoms with Crippen molar-refractivity contribution >= 4 is 0 Å². The fourth-order valence-electron chi connectivity index (χ4n) is 2.57. The third-order valence-electron chi connectivity index (χ3n) is 3.53. The van der Waals surface area contributed by atoms with Crippen molar-refractivity contribution in [2.45, 2.75) is 45.1 Å². The van der Waals surface area contributed by atoms with Crippen LogP contribution >= 0.6 is 0 Å². The van der Waals surface area contributed by atoms with Gasteiger partial charge < -0.3 is 5.11 Å². The summed E-state index contributed by atoms with van der Waals surface area (Å²) < 4.78 is 0. The van der Waals surface area contributed by atoms with Crippen LogP contribution in [0.1, 0.15) is 49.8 Å². The fraction of sp³-hybridized carbons (Fsp3) is 0.571. The summed E-state index contributed by atoms with van der Waals surface area (Å²) >= 11 is 0. The summed E-state index contributed by atoms with van der Waals surface area (Å²) in [6.45, 7) is 2.21. The van der Waals surface area contributed by atoms with Crippen molar-refractivity contribution in [2.75, 3.05) is 0 Å². The van der Waals surface area contributed by atoms with Gasteiger partial charge in [-0.25, -0.2) is 0 Å². The lowest BCUT2D eigenvalue weighted by molar-refractivity contribution is 0.0872. The molecule has 1 aromatic carbocycles. The fourth-order valence-corrected chi connectivity index (χ4v) is 2.57. The maximum atomic E-state index is 10.2. The van der Waals surface area contributed by atoms with Gasteiger partial charge in [0.25, 0.3) is 0 Å². The molecule has 0 fully saturated rings. The molecule has 0 unspecified atom stereocenters. The second-order valence-corrected chi connectivity index (χ2v) is 4.58. The molecule has 0 aromatic heterocycles. The molecule has 0 spiro atoms. The molecule has 1 heteroatoms. The van der Waals surface area contributed by atoms with Crippen LogP contribution in [0.15, 0.2) is 24.3 Å². The Morgan fingerprint density at radius 1 is 1.33 bits per heavy atom. The van der Waals surface area contributed by atoms with E-state index in [9.17, 15) is 5.11 Å². The van der Waals surface area contributed by atoms with Gasteiger partial charge in [-0.3, -0.25) is 0 Å². The Morgan fingerprint density at radius 3 is 2.93 bits per heavy atom. The summed E-state index contributed by atoms with van der Waals surface area (Å²) in [5.74, 6) is 0.486. The first-order valence-corrected chi connectivity index (χ1v) is 6.08. The van der Waals surface area contributed by atoms with Crippen LogP contribution < -0.4 is 0 Å². The summed E-state index contributed by atoms with van der Waals surface area (Å²) in [6.07, 6.45) is 5.71. The van der Waals surface area contributed by atoms with Gasteiger partial charge in [0, 0.05) is 0 Å². The maximum Gasteiger partial charge on any atom is 0.0820 e. The van der Waals surface area contributed by atoms with Gasteiger partial charge in [-0.1, -0.05) is 44.0 Å². The van der Waals surface area contributed by atoms with E-state index < -0.39 is 0 Å². The van der Waals surface area contributed by atoms with E-state index in [4.69, 9.17) is 0 Å². The van der Waals surface area contributed by atoms with Gasteiger partial charge in [0.1, 0.15) is 0 Å². The molecule has 0 aliphatic heterocycles. The number of aryl methyl sites for hydroxylation is 1. The zero-order valence-corrected chi connectivity index (χ0v) is 9.45. The van der Waals surface area contributed by atoms with Gasteiger partial charge in [-0.2, -0.15) is 0 Å². The largest absolute Gasteiger partial charge is 0.388 e. The average molecular weight is 204 g/mol. The standard InChI is InChI=1S/C14H20O/c1-2-3-6-12-10-9-11-7-4-5-8-13(11)14(12)15/h4-5,7-8,12,14-15H,2-3,6,9-10H2,1H3/t12-,14-/m0/s1. The first-order chi connectivity index (χ1) is 7.33. The van der Waals surface area contributed by atoms with Crippen LogP contribution in [-0.4, -0.2) is 5.11 Å². The molecule has 15 heavy (non-hydrogen) atoms. The summed E-state index contributed by atoms with van der Waals surface area (Å²) in [5, 5.41) is 10.2. The molecule has 0 amide bonds. The first-order valence-electron chi connectivity index (χ1n) is 6.08. The number of fused-ring (bicyclic) bond motifs is 1. The molecular formula is C14H20O. The molecule has 1 aliphatic carbocycles. The molecule has 0 bridgehead atoms. The van der Waals surface area contributed by atoms with E-state index in [1.165, 1.54) is 30.4 Å². The molecule has 82 valence electrons. The third kappa shape index (κ3) is 2.23.